The van der Waals surface area contributed by atoms with Crippen molar-refractivity contribution in [1.82, 2.24) is 0 Å². The highest BCUT2D eigenvalue weighted by Crippen LogP contribution is 2.28. The smallest absolute Gasteiger partial charge is 0.104 e. The van der Waals surface area contributed by atoms with Crippen molar-refractivity contribution in [2.24, 2.45) is 5.73 Å². The Balaban J connectivity index is 3.08. The third kappa shape index (κ3) is 3.56. The number of halogens is 1. The minimum atomic E-state index is 0.0889. The van der Waals surface area contributed by atoms with E-state index in [0.717, 1.165) is 11.3 Å². The molecule has 0 spiro atoms. The van der Waals surface area contributed by atoms with Gasteiger partial charge in [-0.1, -0.05) is 23.8 Å². The number of hydrogen-bond donors (Lipinski definition) is 2. The molecule has 1 rings (SSSR count). The molecule has 5 heteroatoms. The van der Waals surface area contributed by atoms with E-state index in [2.05, 4.69) is 0 Å². The van der Waals surface area contributed by atoms with Gasteiger partial charge in [-0.2, -0.15) is 0 Å². The summed E-state index contributed by atoms with van der Waals surface area (Å²) < 4.78 is 0. The summed E-state index contributed by atoms with van der Waals surface area (Å²) in [5.74, 6) is 0. The molecular formula is C12H17ClN2OS. The van der Waals surface area contributed by atoms with Crippen molar-refractivity contribution in [3.63, 3.8) is 0 Å². The van der Waals surface area contributed by atoms with Crippen LogP contribution in [0.15, 0.2) is 18.2 Å². The minimum Gasteiger partial charge on any atom is -0.395 e. The zero-order valence-electron chi connectivity index (χ0n) is 9.98. The molecule has 1 aromatic carbocycles. The Morgan fingerprint density at radius 3 is 2.59 bits per heavy atom. The molecule has 0 bridgehead atoms. The van der Waals surface area contributed by atoms with E-state index >= 15 is 0 Å². The van der Waals surface area contributed by atoms with Crippen LogP contribution >= 0.6 is 23.8 Å². The number of thiocarbonyl (C=S) groups is 1. The first-order valence-electron chi connectivity index (χ1n) is 5.44. The molecule has 0 heterocycles. The van der Waals surface area contributed by atoms with Crippen LogP contribution in [0, 0.1) is 0 Å². The topological polar surface area (TPSA) is 49.5 Å². The van der Waals surface area contributed by atoms with Crippen molar-refractivity contribution in [2.45, 2.75) is 19.9 Å². The average Bonchev–Trinajstić information content (AvgIpc) is 2.26. The Morgan fingerprint density at radius 2 is 2.18 bits per heavy atom. The van der Waals surface area contributed by atoms with E-state index in [4.69, 9.17) is 34.7 Å². The van der Waals surface area contributed by atoms with Crippen LogP contribution in [0.5, 0.6) is 0 Å². The van der Waals surface area contributed by atoms with Crippen molar-refractivity contribution >= 4 is 34.5 Å². The molecule has 0 unspecified atom stereocenters. The second kappa shape index (κ2) is 6.19. The van der Waals surface area contributed by atoms with Crippen LogP contribution in [0.1, 0.15) is 19.4 Å². The number of benzene rings is 1. The molecule has 1 aromatic rings. The fraction of sp³-hybridized carbons (Fsp3) is 0.417. The number of aliphatic hydroxyl groups is 1. The first-order chi connectivity index (χ1) is 7.97. The minimum absolute atomic E-state index is 0.0889. The lowest BCUT2D eigenvalue weighted by atomic mass is 10.1. The van der Waals surface area contributed by atoms with E-state index in [1.54, 1.807) is 6.07 Å². The highest BCUT2D eigenvalue weighted by atomic mass is 35.5. The van der Waals surface area contributed by atoms with Crippen LogP contribution in [0.2, 0.25) is 5.02 Å². The number of hydrogen-bond acceptors (Lipinski definition) is 3. The maximum Gasteiger partial charge on any atom is 0.104 e. The lowest BCUT2D eigenvalue weighted by molar-refractivity contribution is 0.299. The molecule has 3 nitrogen and oxygen atoms in total. The number of anilines is 1. The Morgan fingerprint density at radius 1 is 1.53 bits per heavy atom. The van der Waals surface area contributed by atoms with E-state index < -0.39 is 0 Å². The third-order valence-electron chi connectivity index (χ3n) is 2.51. The van der Waals surface area contributed by atoms with Gasteiger partial charge in [-0.25, -0.2) is 0 Å². The van der Waals surface area contributed by atoms with Gasteiger partial charge in [-0.3, -0.25) is 0 Å². The largest absolute Gasteiger partial charge is 0.395 e. The van der Waals surface area contributed by atoms with Crippen LogP contribution in [0.25, 0.3) is 0 Å². The summed E-state index contributed by atoms with van der Waals surface area (Å²) in [4.78, 5) is 2.36. The summed E-state index contributed by atoms with van der Waals surface area (Å²) in [6.45, 7) is 4.73. The van der Waals surface area contributed by atoms with Crippen LogP contribution in [0.4, 0.5) is 5.69 Å². The lowest BCUT2D eigenvalue weighted by Gasteiger charge is -2.29. The van der Waals surface area contributed by atoms with Crippen molar-refractivity contribution in [1.29, 1.82) is 0 Å². The monoisotopic (exact) mass is 272 g/mol. The Bertz CT molecular complexity index is 409. The first kappa shape index (κ1) is 14.2. The first-order valence-corrected chi connectivity index (χ1v) is 6.22. The van der Waals surface area contributed by atoms with Gasteiger partial charge in [-0.05, 0) is 32.0 Å². The second-order valence-corrected chi connectivity index (χ2v) is 4.89. The number of nitrogens with two attached hydrogens (primary N) is 1. The van der Waals surface area contributed by atoms with Gasteiger partial charge in [-0.15, -0.1) is 0 Å². The van der Waals surface area contributed by atoms with E-state index in [1.807, 2.05) is 30.9 Å². The quantitative estimate of drug-likeness (QED) is 0.807. The van der Waals surface area contributed by atoms with Gasteiger partial charge in [0.15, 0.2) is 0 Å². The van der Waals surface area contributed by atoms with E-state index in [0.29, 0.717) is 16.6 Å². The zero-order chi connectivity index (χ0) is 13.0. The Kier molecular flexibility index (Phi) is 5.18. The molecule has 0 atom stereocenters. The molecule has 94 valence electrons. The molecule has 0 aliphatic heterocycles. The SMILES string of the molecule is CC(C)N(CCO)c1ccc(C(N)=S)cc1Cl. The van der Waals surface area contributed by atoms with Crippen molar-refractivity contribution in [3.05, 3.63) is 28.8 Å². The van der Waals surface area contributed by atoms with Crippen molar-refractivity contribution < 1.29 is 5.11 Å². The second-order valence-electron chi connectivity index (χ2n) is 4.04. The van der Waals surface area contributed by atoms with E-state index in [1.165, 1.54) is 0 Å². The summed E-state index contributed by atoms with van der Waals surface area (Å²) in [6, 6.07) is 5.74. The van der Waals surface area contributed by atoms with Gasteiger partial charge < -0.3 is 15.7 Å². The van der Waals surface area contributed by atoms with Crippen LogP contribution in [-0.2, 0) is 0 Å². The molecule has 0 saturated heterocycles. The fourth-order valence-electron chi connectivity index (χ4n) is 1.66. The summed E-state index contributed by atoms with van der Waals surface area (Å²) in [6.07, 6.45) is 0. The molecule has 0 aliphatic rings. The average molecular weight is 273 g/mol. The van der Waals surface area contributed by atoms with Gasteiger partial charge in [0, 0.05) is 18.2 Å². The summed E-state index contributed by atoms with van der Waals surface area (Å²) in [5, 5.41) is 9.65. The molecule has 0 radical (unpaired) electrons. The van der Waals surface area contributed by atoms with Gasteiger partial charge in [0.05, 0.1) is 17.3 Å². The van der Waals surface area contributed by atoms with Crippen molar-refractivity contribution in [3.8, 4) is 0 Å². The van der Waals surface area contributed by atoms with Crippen LogP contribution < -0.4 is 10.6 Å². The molecule has 3 N–H and O–H groups in total. The van der Waals surface area contributed by atoms with Crippen LogP contribution in [0.3, 0.4) is 0 Å². The fourth-order valence-corrected chi connectivity index (χ4v) is 2.07. The predicted octanol–water partition coefficient (Wildman–Crippen LogP) is 2.18. The standard InChI is InChI=1S/C12H17ClN2OS/c1-8(2)15(5-6-16)11-4-3-9(12(14)17)7-10(11)13/h3-4,7-8,16H,5-6H2,1-2H3,(H2,14,17). The van der Waals surface area contributed by atoms with Gasteiger partial charge in [0.2, 0.25) is 0 Å². The molecule has 0 fully saturated rings. The molecular weight excluding hydrogens is 256 g/mol. The Labute approximate surface area is 112 Å². The summed E-state index contributed by atoms with van der Waals surface area (Å²) in [7, 11) is 0. The third-order valence-corrected chi connectivity index (χ3v) is 3.04. The summed E-state index contributed by atoms with van der Waals surface area (Å²) >= 11 is 11.1. The number of aliphatic hydroxyl groups excluding tert-OH is 1. The predicted molar refractivity (Wildman–Crippen MR) is 76.9 cm³/mol. The number of nitrogens with zero attached hydrogens (tertiary/aromatic N) is 1. The van der Waals surface area contributed by atoms with Crippen LogP contribution in [-0.4, -0.2) is 29.3 Å². The Hall–Kier alpha value is -0.840. The maximum absolute atomic E-state index is 9.06. The number of rotatable bonds is 5. The molecule has 0 aromatic heterocycles. The summed E-state index contributed by atoms with van der Waals surface area (Å²) in [5.41, 5.74) is 7.18. The lowest BCUT2D eigenvalue weighted by Crippen LogP contribution is -2.33. The highest BCUT2D eigenvalue weighted by Gasteiger charge is 2.14. The van der Waals surface area contributed by atoms with E-state index in [-0.39, 0.29) is 12.6 Å². The molecule has 0 aliphatic carbocycles. The maximum atomic E-state index is 9.06. The normalized spacial score (nSPS) is 10.6. The zero-order valence-corrected chi connectivity index (χ0v) is 11.6. The molecule has 17 heavy (non-hydrogen) atoms. The van der Waals surface area contributed by atoms with E-state index in [9.17, 15) is 0 Å². The molecule has 0 saturated carbocycles. The van der Waals surface area contributed by atoms with Gasteiger partial charge >= 0.3 is 0 Å². The molecule has 0 amide bonds. The van der Waals surface area contributed by atoms with Crippen molar-refractivity contribution in [2.75, 3.05) is 18.1 Å². The van der Waals surface area contributed by atoms with Gasteiger partial charge in [0.25, 0.3) is 0 Å². The van der Waals surface area contributed by atoms with Gasteiger partial charge in [0.1, 0.15) is 4.99 Å². The highest BCUT2D eigenvalue weighted by molar-refractivity contribution is 7.80.